The van der Waals surface area contributed by atoms with Crippen molar-refractivity contribution >= 4 is 5.78 Å². The molecule has 16 heavy (non-hydrogen) atoms. The van der Waals surface area contributed by atoms with Crippen LogP contribution < -0.4 is 0 Å². The second kappa shape index (κ2) is 4.11. The molecule has 2 saturated heterocycles. The summed E-state index contributed by atoms with van der Waals surface area (Å²) in [6, 6.07) is 0. The molecule has 3 fully saturated rings. The zero-order valence-electron chi connectivity index (χ0n) is 9.91. The van der Waals surface area contributed by atoms with E-state index in [1.807, 2.05) is 0 Å². The first-order valence-electron chi connectivity index (χ1n) is 6.76. The van der Waals surface area contributed by atoms with Crippen LogP contribution in [-0.2, 0) is 9.63 Å². The molecule has 0 N–H and O–H groups in total. The Hall–Kier alpha value is -0.410. The number of hydrogen-bond donors (Lipinski definition) is 0. The van der Waals surface area contributed by atoms with E-state index in [0.29, 0.717) is 18.8 Å². The highest BCUT2D eigenvalue weighted by Crippen LogP contribution is 2.45. The molecule has 0 aromatic rings. The monoisotopic (exact) mass is 223 g/mol. The van der Waals surface area contributed by atoms with Gasteiger partial charge in [-0.3, -0.25) is 9.63 Å². The highest BCUT2D eigenvalue weighted by molar-refractivity contribution is 5.84. The maximum atomic E-state index is 12.0. The first-order chi connectivity index (χ1) is 7.83. The Kier molecular flexibility index (Phi) is 2.76. The Morgan fingerprint density at radius 3 is 2.56 bits per heavy atom. The predicted molar refractivity (Wildman–Crippen MR) is 60.8 cm³/mol. The van der Waals surface area contributed by atoms with Gasteiger partial charge in [0.2, 0.25) is 0 Å². The van der Waals surface area contributed by atoms with Crippen LogP contribution >= 0.6 is 0 Å². The van der Waals surface area contributed by atoms with Gasteiger partial charge in [0.25, 0.3) is 0 Å². The van der Waals surface area contributed by atoms with Crippen molar-refractivity contribution in [2.75, 3.05) is 13.2 Å². The lowest BCUT2D eigenvalue weighted by atomic mass is 9.71. The molecular formula is C13H21NO2. The molecule has 2 bridgehead atoms. The fourth-order valence-corrected chi connectivity index (χ4v) is 3.80. The van der Waals surface area contributed by atoms with Crippen LogP contribution in [0.1, 0.15) is 51.4 Å². The van der Waals surface area contributed by atoms with Gasteiger partial charge >= 0.3 is 0 Å². The van der Waals surface area contributed by atoms with Crippen LogP contribution in [0.25, 0.3) is 0 Å². The van der Waals surface area contributed by atoms with Crippen LogP contribution in [0.3, 0.4) is 0 Å². The van der Waals surface area contributed by atoms with Gasteiger partial charge in [-0.05, 0) is 12.8 Å². The number of nitrogens with zero attached hydrogens (tertiary/aromatic N) is 1. The normalized spacial score (nSPS) is 38.4. The summed E-state index contributed by atoms with van der Waals surface area (Å²) in [5.41, 5.74) is 0.0930. The van der Waals surface area contributed by atoms with Gasteiger partial charge in [-0.2, -0.15) is 5.06 Å². The van der Waals surface area contributed by atoms with E-state index in [2.05, 4.69) is 5.06 Å². The summed E-state index contributed by atoms with van der Waals surface area (Å²) in [5, 5.41) is 2.17. The van der Waals surface area contributed by atoms with Crippen LogP contribution in [0, 0.1) is 5.92 Å². The lowest BCUT2D eigenvalue weighted by Gasteiger charge is -2.44. The molecule has 3 aliphatic rings. The molecule has 1 saturated carbocycles. The van der Waals surface area contributed by atoms with E-state index >= 15 is 0 Å². The standard InChI is InChI=1S/C13H21NO2/c15-12-6-9-14-13(11(12)10-16-14)7-4-2-1-3-5-8-13/h11H,1-10H2. The van der Waals surface area contributed by atoms with Gasteiger partial charge in [-0.15, -0.1) is 0 Å². The van der Waals surface area contributed by atoms with Crippen molar-refractivity contribution in [3.8, 4) is 0 Å². The molecular weight excluding hydrogens is 202 g/mol. The minimum absolute atomic E-state index is 0.0930. The van der Waals surface area contributed by atoms with Crippen LogP contribution in [0.15, 0.2) is 0 Å². The molecule has 0 aromatic heterocycles. The topological polar surface area (TPSA) is 29.5 Å². The summed E-state index contributed by atoms with van der Waals surface area (Å²) in [5.74, 6) is 0.633. The molecule has 2 aliphatic heterocycles. The Morgan fingerprint density at radius 2 is 1.81 bits per heavy atom. The molecule has 0 amide bonds. The third-order valence-corrected chi connectivity index (χ3v) is 4.71. The smallest absolute Gasteiger partial charge is 0.141 e. The fourth-order valence-electron chi connectivity index (χ4n) is 3.80. The second-order valence-corrected chi connectivity index (χ2v) is 5.54. The van der Waals surface area contributed by atoms with Gasteiger partial charge in [-0.1, -0.05) is 32.1 Å². The SMILES string of the molecule is O=C1CCN2OCC1C21CCCCCCC1. The van der Waals surface area contributed by atoms with Crippen LogP contribution in [-0.4, -0.2) is 29.5 Å². The highest BCUT2D eigenvalue weighted by atomic mass is 16.7. The summed E-state index contributed by atoms with van der Waals surface area (Å²) in [7, 11) is 0. The zero-order valence-corrected chi connectivity index (χ0v) is 9.91. The van der Waals surface area contributed by atoms with Crippen molar-refractivity contribution in [2.24, 2.45) is 5.92 Å². The first kappa shape index (κ1) is 10.7. The van der Waals surface area contributed by atoms with Gasteiger partial charge in [0.1, 0.15) is 5.78 Å². The van der Waals surface area contributed by atoms with Crippen LogP contribution in [0.4, 0.5) is 0 Å². The Bertz CT molecular complexity index is 282. The van der Waals surface area contributed by atoms with E-state index in [0.717, 1.165) is 6.54 Å². The first-order valence-corrected chi connectivity index (χ1v) is 6.76. The number of carbonyl (C=O) groups excluding carboxylic acids is 1. The summed E-state index contributed by atoms with van der Waals surface area (Å²) in [6.45, 7) is 1.48. The summed E-state index contributed by atoms with van der Waals surface area (Å²) >= 11 is 0. The Morgan fingerprint density at radius 1 is 1.12 bits per heavy atom. The molecule has 0 radical (unpaired) electrons. The van der Waals surface area contributed by atoms with Gasteiger partial charge < -0.3 is 0 Å². The van der Waals surface area contributed by atoms with E-state index < -0.39 is 0 Å². The Labute approximate surface area is 97.1 Å². The second-order valence-electron chi connectivity index (χ2n) is 5.54. The molecule has 90 valence electrons. The van der Waals surface area contributed by atoms with Gasteiger partial charge in [0.05, 0.1) is 18.1 Å². The molecule has 1 aliphatic carbocycles. The zero-order chi connectivity index (χ0) is 11.0. The molecule has 0 aromatic carbocycles. The summed E-state index contributed by atoms with van der Waals surface area (Å²) in [4.78, 5) is 17.8. The minimum atomic E-state index is 0.0930. The lowest BCUT2D eigenvalue weighted by Crippen LogP contribution is -2.54. The number of ketones is 1. The van der Waals surface area contributed by atoms with E-state index in [-0.39, 0.29) is 11.5 Å². The third-order valence-electron chi connectivity index (χ3n) is 4.71. The van der Waals surface area contributed by atoms with Crippen molar-refractivity contribution in [2.45, 2.75) is 56.9 Å². The number of carbonyl (C=O) groups is 1. The van der Waals surface area contributed by atoms with Crippen LogP contribution in [0.5, 0.6) is 0 Å². The molecule has 2 atom stereocenters. The van der Waals surface area contributed by atoms with Gasteiger partial charge in [0, 0.05) is 13.0 Å². The third kappa shape index (κ3) is 1.52. The lowest BCUT2D eigenvalue weighted by molar-refractivity contribution is -0.178. The summed E-state index contributed by atoms with van der Waals surface area (Å²) < 4.78 is 0. The average molecular weight is 223 g/mol. The van der Waals surface area contributed by atoms with E-state index in [1.165, 1.54) is 44.9 Å². The molecule has 3 heteroatoms. The number of hydrogen-bond acceptors (Lipinski definition) is 3. The number of piperidine rings is 1. The van der Waals surface area contributed by atoms with Crippen molar-refractivity contribution in [3.63, 3.8) is 0 Å². The average Bonchev–Trinajstić information content (AvgIpc) is 2.48. The molecule has 3 nitrogen and oxygen atoms in total. The van der Waals surface area contributed by atoms with Crippen molar-refractivity contribution in [1.29, 1.82) is 0 Å². The summed E-state index contributed by atoms with van der Waals surface area (Å²) in [6.07, 6.45) is 9.61. The van der Waals surface area contributed by atoms with Crippen LogP contribution in [0.2, 0.25) is 0 Å². The van der Waals surface area contributed by atoms with Gasteiger partial charge in [0.15, 0.2) is 0 Å². The van der Waals surface area contributed by atoms with Crippen molar-refractivity contribution in [1.82, 2.24) is 5.06 Å². The molecule has 2 unspecified atom stereocenters. The van der Waals surface area contributed by atoms with Gasteiger partial charge in [-0.25, -0.2) is 0 Å². The largest absolute Gasteiger partial charge is 0.299 e. The molecule has 2 heterocycles. The number of rotatable bonds is 0. The van der Waals surface area contributed by atoms with E-state index in [1.54, 1.807) is 0 Å². The minimum Gasteiger partial charge on any atom is -0.299 e. The van der Waals surface area contributed by atoms with E-state index in [4.69, 9.17) is 4.84 Å². The maximum absolute atomic E-state index is 12.0. The molecule has 3 rings (SSSR count). The number of hydroxylamine groups is 2. The Balaban J connectivity index is 1.86. The molecule has 1 spiro atoms. The number of Topliss-reactive ketones (excluding diaryl/α,β-unsaturated/α-hetero) is 1. The fraction of sp³-hybridized carbons (Fsp3) is 0.923. The maximum Gasteiger partial charge on any atom is 0.141 e. The highest BCUT2D eigenvalue weighted by Gasteiger charge is 2.54. The van der Waals surface area contributed by atoms with Crippen molar-refractivity contribution in [3.05, 3.63) is 0 Å². The van der Waals surface area contributed by atoms with E-state index in [9.17, 15) is 4.79 Å². The van der Waals surface area contributed by atoms with Crippen molar-refractivity contribution < 1.29 is 9.63 Å². The quantitative estimate of drug-likeness (QED) is 0.631. The predicted octanol–water partition coefficient (Wildman–Crippen LogP) is 2.31.